The summed E-state index contributed by atoms with van der Waals surface area (Å²) < 4.78 is 11.4. The Labute approximate surface area is 183 Å². The molecule has 5 rings (SSSR count). The molecular formula is C26H28N2O3. The largest absolute Gasteiger partial charge is 0.486 e. The lowest BCUT2D eigenvalue weighted by Crippen LogP contribution is -2.38. The lowest BCUT2D eigenvalue weighted by Gasteiger charge is -2.27. The van der Waals surface area contributed by atoms with E-state index in [1.807, 2.05) is 17.0 Å². The second-order valence-electron chi connectivity index (χ2n) is 8.36. The van der Waals surface area contributed by atoms with Crippen molar-refractivity contribution in [3.05, 3.63) is 71.8 Å². The summed E-state index contributed by atoms with van der Waals surface area (Å²) in [7, 11) is 0. The third-order valence-electron chi connectivity index (χ3n) is 6.36. The highest BCUT2D eigenvalue weighted by atomic mass is 16.6. The second-order valence-corrected chi connectivity index (χ2v) is 8.36. The van der Waals surface area contributed by atoms with Crippen LogP contribution in [0.25, 0.3) is 10.8 Å². The summed E-state index contributed by atoms with van der Waals surface area (Å²) in [5, 5.41) is 5.88. The van der Waals surface area contributed by atoms with Gasteiger partial charge in [-0.1, -0.05) is 42.5 Å². The number of ether oxygens (including phenoxy) is 2. The molecule has 0 radical (unpaired) electrons. The van der Waals surface area contributed by atoms with E-state index < -0.39 is 0 Å². The molecule has 1 saturated heterocycles. The average molecular weight is 417 g/mol. The zero-order chi connectivity index (χ0) is 21.2. The van der Waals surface area contributed by atoms with Crippen molar-refractivity contribution < 1.29 is 14.3 Å². The van der Waals surface area contributed by atoms with Gasteiger partial charge in [-0.2, -0.15) is 0 Å². The van der Waals surface area contributed by atoms with Gasteiger partial charge in [-0.25, -0.2) is 0 Å². The molecule has 160 valence electrons. The minimum Gasteiger partial charge on any atom is -0.486 e. The van der Waals surface area contributed by atoms with Gasteiger partial charge in [-0.3, -0.25) is 4.79 Å². The monoisotopic (exact) mass is 416 g/mol. The van der Waals surface area contributed by atoms with Gasteiger partial charge in [0.25, 0.3) is 0 Å². The molecular weight excluding hydrogens is 388 g/mol. The first-order valence-electron chi connectivity index (χ1n) is 11.1. The highest BCUT2D eigenvalue weighted by Gasteiger charge is 2.30. The van der Waals surface area contributed by atoms with Crippen LogP contribution in [0.15, 0.2) is 60.7 Å². The van der Waals surface area contributed by atoms with Crippen LogP contribution in [-0.4, -0.2) is 37.1 Å². The first-order valence-corrected chi connectivity index (χ1v) is 11.1. The maximum Gasteiger partial charge on any atom is 0.237 e. The molecule has 3 aromatic rings. The molecule has 0 saturated carbocycles. The van der Waals surface area contributed by atoms with Crippen LogP contribution in [0.2, 0.25) is 0 Å². The van der Waals surface area contributed by atoms with Gasteiger partial charge >= 0.3 is 0 Å². The van der Waals surface area contributed by atoms with Crippen molar-refractivity contribution in [2.45, 2.75) is 31.8 Å². The summed E-state index contributed by atoms with van der Waals surface area (Å²) in [6.45, 7) is 4.39. The molecule has 5 nitrogen and oxygen atoms in total. The van der Waals surface area contributed by atoms with E-state index in [1.165, 1.54) is 16.3 Å². The Balaban J connectivity index is 1.25. The third-order valence-corrected chi connectivity index (χ3v) is 6.36. The molecule has 3 aromatic carbocycles. The van der Waals surface area contributed by atoms with Crippen molar-refractivity contribution in [2.75, 3.05) is 26.3 Å². The SMILES string of the molecule is C[C@@H](NCC(=O)N1CCC[C@@H]1c1ccc2c(c1)OCCO2)c1ccc2ccccc2c1. The molecule has 0 aromatic heterocycles. The molecule has 2 aliphatic rings. The summed E-state index contributed by atoms with van der Waals surface area (Å²) >= 11 is 0. The van der Waals surface area contributed by atoms with Gasteiger partial charge < -0.3 is 19.7 Å². The third kappa shape index (κ3) is 4.10. The fraction of sp³-hybridized carbons (Fsp3) is 0.346. The van der Waals surface area contributed by atoms with Gasteiger partial charge in [0.05, 0.1) is 12.6 Å². The van der Waals surface area contributed by atoms with Crippen molar-refractivity contribution in [1.29, 1.82) is 0 Å². The molecule has 31 heavy (non-hydrogen) atoms. The number of rotatable bonds is 5. The van der Waals surface area contributed by atoms with Crippen LogP contribution < -0.4 is 14.8 Å². The first-order chi connectivity index (χ1) is 15.2. The number of fused-ring (bicyclic) bond motifs is 2. The van der Waals surface area contributed by atoms with Crippen LogP contribution in [-0.2, 0) is 4.79 Å². The molecule has 5 heteroatoms. The Bertz CT molecular complexity index is 1100. The average Bonchev–Trinajstić information content (AvgIpc) is 3.32. The van der Waals surface area contributed by atoms with Crippen molar-refractivity contribution in [1.82, 2.24) is 10.2 Å². The van der Waals surface area contributed by atoms with Gasteiger partial charge in [-0.05, 0) is 59.9 Å². The predicted octanol–water partition coefficient (Wildman–Crippen LogP) is 4.63. The van der Waals surface area contributed by atoms with Gasteiger partial charge in [0.1, 0.15) is 13.2 Å². The minimum atomic E-state index is 0.0982. The Hall–Kier alpha value is -3.05. The highest BCUT2D eigenvalue weighted by molar-refractivity contribution is 5.83. The summed E-state index contributed by atoms with van der Waals surface area (Å²) in [5.41, 5.74) is 2.31. The van der Waals surface area contributed by atoms with Crippen LogP contribution in [0, 0.1) is 0 Å². The number of hydrogen-bond donors (Lipinski definition) is 1. The number of carbonyl (C=O) groups excluding carboxylic acids is 1. The standard InChI is InChI=1S/C26H28N2O3/c1-18(20-9-8-19-5-2-3-6-21(19)15-20)27-17-26(29)28-12-4-7-23(28)22-10-11-24-25(16-22)31-14-13-30-24/h2-3,5-6,8-11,15-16,18,23,27H,4,7,12-14,17H2,1H3/t18-,23-/m1/s1. The number of nitrogens with zero attached hydrogens (tertiary/aromatic N) is 1. The van der Waals surface area contributed by atoms with E-state index in [0.717, 1.165) is 36.4 Å². The molecule has 0 aliphatic carbocycles. The summed E-state index contributed by atoms with van der Waals surface area (Å²) in [5.74, 6) is 1.72. The predicted molar refractivity (Wildman–Crippen MR) is 121 cm³/mol. The van der Waals surface area contributed by atoms with E-state index in [1.54, 1.807) is 0 Å². The Kier molecular flexibility index (Phi) is 5.51. The number of amides is 1. The fourth-order valence-corrected chi connectivity index (χ4v) is 4.62. The zero-order valence-corrected chi connectivity index (χ0v) is 17.8. The number of benzene rings is 3. The maximum atomic E-state index is 13.1. The molecule has 2 atom stereocenters. The van der Waals surface area contributed by atoms with Crippen molar-refractivity contribution in [2.24, 2.45) is 0 Å². The highest BCUT2D eigenvalue weighted by Crippen LogP contribution is 2.38. The van der Waals surface area contributed by atoms with Gasteiger partial charge in [0.15, 0.2) is 11.5 Å². The lowest BCUT2D eigenvalue weighted by atomic mass is 10.0. The number of likely N-dealkylation sites (tertiary alicyclic amines) is 1. The molecule has 2 aliphatic heterocycles. The van der Waals surface area contributed by atoms with Crippen molar-refractivity contribution in [3.63, 3.8) is 0 Å². The van der Waals surface area contributed by atoms with Gasteiger partial charge in [0, 0.05) is 12.6 Å². The first kappa shape index (κ1) is 19.9. The summed E-state index contributed by atoms with van der Waals surface area (Å²) in [6, 6.07) is 21.1. The quantitative estimate of drug-likeness (QED) is 0.659. The molecule has 0 bridgehead atoms. The normalized spacial score (nSPS) is 18.9. The molecule has 1 amide bonds. The van der Waals surface area contributed by atoms with Gasteiger partial charge in [-0.15, -0.1) is 0 Å². The molecule has 1 fully saturated rings. The van der Waals surface area contributed by atoms with E-state index in [9.17, 15) is 4.79 Å². The molecule has 0 unspecified atom stereocenters. The van der Waals surface area contributed by atoms with Gasteiger partial charge in [0.2, 0.25) is 5.91 Å². The number of hydrogen-bond acceptors (Lipinski definition) is 4. The van der Waals surface area contributed by atoms with E-state index in [0.29, 0.717) is 19.8 Å². The van der Waals surface area contributed by atoms with E-state index in [-0.39, 0.29) is 18.0 Å². The smallest absolute Gasteiger partial charge is 0.237 e. The fourth-order valence-electron chi connectivity index (χ4n) is 4.62. The van der Waals surface area contributed by atoms with Crippen molar-refractivity contribution in [3.8, 4) is 11.5 Å². The van der Waals surface area contributed by atoms with Crippen LogP contribution in [0.1, 0.15) is 43.0 Å². The van der Waals surface area contributed by atoms with Crippen molar-refractivity contribution >= 4 is 16.7 Å². The topological polar surface area (TPSA) is 50.8 Å². The van der Waals surface area contributed by atoms with Crippen LogP contribution in [0.4, 0.5) is 0 Å². The number of nitrogens with one attached hydrogen (secondary N) is 1. The van der Waals surface area contributed by atoms with Crippen LogP contribution >= 0.6 is 0 Å². The zero-order valence-electron chi connectivity index (χ0n) is 17.8. The Morgan fingerprint density at radius 1 is 1.03 bits per heavy atom. The Morgan fingerprint density at radius 3 is 2.71 bits per heavy atom. The summed E-state index contributed by atoms with van der Waals surface area (Å²) in [6.07, 6.45) is 2.00. The molecule has 0 spiro atoms. The van der Waals surface area contributed by atoms with E-state index in [4.69, 9.17) is 9.47 Å². The van der Waals surface area contributed by atoms with Crippen LogP contribution in [0.3, 0.4) is 0 Å². The maximum absolute atomic E-state index is 13.1. The van der Waals surface area contributed by atoms with E-state index in [2.05, 4.69) is 60.8 Å². The van der Waals surface area contributed by atoms with E-state index >= 15 is 0 Å². The molecule has 1 N–H and O–H groups in total. The summed E-state index contributed by atoms with van der Waals surface area (Å²) in [4.78, 5) is 15.1. The lowest BCUT2D eigenvalue weighted by molar-refractivity contribution is -0.131. The van der Waals surface area contributed by atoms with Crippen LogP contribution in [0.5, 0.6) is 11.5 Å². The minimum absolute atomic E-state index is 0.0982. The Morgan fingerprint density at radius 2 is 1.84 bits per heavy atom. The second kappa shape index (κ2) is 8.60. The molecule has 2 heterocycles. The number of carbonyl (C=O) groups is 1.